The van der Waals surface area contributed by atoms with E-state index in [9.17, 15) is 0 Å². The van der Waals surface area contributed by atoms with Crippen LogP contribution in [0.15, 0.2) is 4.99 Å². The minimum absolute atomic E-state index is 0.255. The van der Waals surface area contributed by atoms with Crippen molar-refractivity contribution in [2.75, 3.05) is 39.8 Å². The lowest BCUT2D eigenvalue weighted by atomic mass is 9.91. The Labute approximate surface area is 147 Å². The highest BCUT2D eigenvalue weighted by atomic mass is 16.5. The lowest BCUT2D eigenvalue weighted by molar-refractivity contribution is -0.000123. The number of rotatable bonds is 4. The molecule has 1 aliphatic carbocycles. The maximum absolute atomic E-state index is 6.36. The summed E-state index contributed by atoms with van der Waals surface area (Å²) in [6.45, 7) is 7.63. The minimum Gasteiger partial charge on any atom is -0.381 e. The van der Waals surface area contributed by atoms with E-state index in [1.807, 2.05) is 7.11 Å². The molecule has 2 aliphatic heterocycles. The van der Waals surface area contributed by atoms with Gasteiger partial charge < -0.3 is 15.4 Å². The molecule has 5 heteroatoms. The van der Waals surface area contributed by atoms with Crippen LogP contribution in [0.3, 0.4) is 0 Å². The van der Waals surface area contributed by atoms with Gasteiger partial charge in [0.1, 0.15) is 0 Å². The third-order valence-electron chi connectivity index (χ3n) is 6.50. The van der Waals surface area contributed by atoms with E-state index in [2.05, 4.69) is 16.7 Å². The quantitative estimate of drug-likeness (QED) is 0.633. The summed E-state index contributed by atoms with van der Waals surface area (Å²) in [5, 5.41) is 0. The Morgan fingerprint density at radius 2 is 1.83 bits per heavy atom. The van der Waals surface area contributed by atoms with E-state index in [1.54, 1.807) is 0 Å². The molecule has 0 bridgehead atoms. The molecule has 1 atom stereocenters. The van der Waals surface area contributed by atoms with Crippen molar-refractivity contribution in [2.24, 2.45) is 16.6 Å². The van der Waals surface area contributed by atoms with Gasteiger partial charge in [0.15, 0.2) is 5.96 Å². The second-order valence-electron chi connectivity index (χ2n) is 8.22. The molecule has 3 aliphatic rings. The van der Waals surface area contributed by atoms with Gasteiger partial charge >= 0.3 is 0 Å². The van der Waals surface area contributed by atoms with Crippen LogP contribution in [0.4, 0.5) is 0 Å². The maximum Gasteiger partial charge on any atom is 0.191 e. The SMILES string of the molecule is COC1CCN(C2(CN=C(N)N3CCCC(C)C3)CCCC2)CC1. The molecule has 5 nitrogen and oxygen atoms in total. The zero-order valence-electron chi connectivity index (χ0n) is 15.7. The molecule has 2 saturated heterocycles. The Morgan fingerprint density at radius 3 is 2.46 bits per heavy atom. The second-order valence-corrected chi connectivity index (χ2v) is 8.22. The fourth-order valence-corrected chi connectivity index (χ4v) is 4.90. The number of nitrogens with zero attached hydrogens (tertiary/aromatic N) is 3. The van der Waals surface area contributed by atoms with Gasteiger partial charge in [-0.05, 0) is 44.4 Å². The van der Waals surface area contributed by atoms with Crippen LogP contribution < -0.4 is 5.73 Å². The first-order valence-corrected chi connectivity index (χ1v) is 9.96. The van der Waals surface area contributed by atoms with Crippen molar-refractivity contribution >= 4 is 5.96 Å². The number of hydrogen-bond donors (Lipinski definition) is 1. The number of piperidine rings is 2. The van der Waals surface area contributed by atoms with Crippen LogP contribution in [0.1, 0.15) is 58.3 Å². The molecule has 1 saturated carbocycles. The number of aliphatic imine (C=N–C) groups is 1. The number of nitrogens with two attached hydrogens (primary N) is 1. The second kappa shape index (κ2) is 8.05. The standard InChI is InChI=1S/C19H36N4O/c1-16-6-5-11-22(14-16)18(20)21-15-19(9-3-4-10-19)23-12-7-17(24-2)8-13-23/h16-17H,3-15H2,1-2H3,(H2,20,21). The Morgan fingerprint density at radius 1 is 1.12 bits per heavy atom. The number of guanidine groups is 1. The normalized spacial score (nSPS) is 30.0. The first-order chi connectivity index (χ1) is 11.6. The Balaban J connectivity index is 1.62. The Hall–Kier alpha value is -0.810. The van der Waals surface area contributed by atoms with Gasteiger partial charge in [0, 0.05) is 38.8 Å². The molecule has 2 heterocycles. The van der Waals surface area contributed by atoms with Gasteiger partial charge in [-0.25, -0.2) is 0 Å². The number of ether oxygens (including phenoxy) is 1. The van der Waals surface area contributed by atoms with Crippen LogP contribution in [-0.2, 0) is 4.74 Å². The van der Waals surface area contributed by atoms with Crippen LogP contribution in [0, 0.1) is 5.92 Å². The van der Waals surface area contributed by atoms with Gasteiger partial charge in [-0.1, -0.05) is 19.8 Å². The van der Waals surface area contributed by atoms with E-state index in [1.165, 1.54) is 38.5 Å². The van der Waals surface area contributed by atoms with E-state index in [0.29, 0.717) is 6.10 Å². The highest BCUT2D eigenvalue weighted by molar-refractivity contribution is 5.78. The maximum atomic E-state index is 6.36. The first-order valence-electron chi connectivity index (χ1n) is 9.96. The molecule has 0 amide bonds. The third-order valence-corrected chi connectivity index (χ3v) is 6.50. The van der Waals surface area contributed by atoms with Gasteiger partial charge in [0.05, 0.1) is 12.6 Å². The molecule has 0 aromatic heterocycles. The molecule has 2 N–H and O–H groups in total. The lowest BCUT2D eigenvalue weighted by Gasteiger charge is -2.44. The summed E-state index contributed by atoms with van der Waals surface area (Å²) in [5.74, 6) is 1.51. The Bertz CT molecular complexity index is 425. The van der Waals surface area contributed by atoms with Crippen LogP contribution in [0.2, 0.25) is 0 Å². The highest BCUT2D eigenvalue weighted by Crippen LogP contribution is 2.37. The molecule has 24 heavy (non-hydrogen) atoms. The summed E-state index contributed by atoms with van der Waals surface area (Å²) in [6, 6.07) is 0. The summed E-state index contributed by atoms with van der Waals surface area (Å²) in [6.07, 6.45) is 10.5. The fraction of sp³-hybridized carbons (Fsp3) is 0.947. The molecular weight excluding hydrogens is 300 g/mol. The van der Waals surface area contributed by atoms with E-state index in [0.717, 1.165) is 57.4 Å². The third kappa shape index (κ3) is 4.05. The van der Waals surface area contributed by atoms with Crippen molar-refractivity contribution < 1.29 is 4.74 Å². The predicted molar refractivity (Wildman–Crippen MR) is 99.3 cm³/mol. The molecule has 138 valence electrons. The fourth-order valence-electron chi connectivity index (χ4n) is 4.90. The van der Waals surface area contributed by atoms with Crippen molar-refractivity contribution in [1.82, 2.24) is 9.80 Å². The van der Waals surface area contributed by atoms with Gasteiger partial charge in [-0.3, -0.25) is 9.89 Å². The largest absolute Gasteiger partial charge is 0.381 e. The topological polar surface area (TPSA) is 54.1 Å². The molecule has 0 spiro atoms. The van der Waals surface area contributed by atoms with E-state index in [-0.39, 0.29) is 5.54 Å². The molecule has 3 fully saturated rings. The van der Waals surface area contributed by atoms with Gasteiger partial charge in [-0.15, -0.1) is 0 Å². The molecule has 0 aromatic rings. The van der Waals surface area contributed by atoms with Crippen molar-refractivity contribution in [2.45, 2.75) is 69.9 Å². The smallest absolute Gasteiger partial charge is 0.191 e. The van der Waals surface area contributed by atoms with Crippen LogP contribution in [0.25, 0.3) is 0 Å². The number of methoxy groups -OCH3 is 1. The van der Waals surface area contributed by atoms with Gasteiger partial charge in [0.25, 0.3) is 0 Å². The van der Waals surface area contributed by atoms with Crippen molar-refractivity contribution in [3.05, 3.63) is 0 Å². The summed E-state index contributed by atoms with van der Waals surface area (Å²) in [4.78, 5) is 9.90. The number of hydrogen-bond acceptors (Lipinski definition) is 3. The average molecular weight is 337 g/mol. The van der Waals surface area contributed by atoms with Gasteiger partial charge in [0.2, 0.25) is 0 Å². The Kier molecular flexibility index (Phi) is 6.03. The van der Waals surface area contributed by atoms with Crippen molar-refractivity contribution in [1.29, 1.82) is 0 Å². The van der Waals surface area contributed by atoms with Crippen LogP contribution >= 0.6 is 0 Å². The zero-order chi connectivity index (χ0) is 17.0. The average Bonchev–Trinajstić information content (AvgIpc) is 3.10. The summed E-state index contributed by atoms with van der Waals surface area (Å²) >= 11 is 0. The van der Waals surface area contributed by atoms with E-state index in [4.69, 9.17) is 15.5 Å². The number of likely N-dealkylation sites (tertiary alicyclic amines) is 2. The van der Waals surface area contributed by atoms with Crippen molar-refractivity contribution in [3.63, 3.8) is 0 Å². The zero-order valence-corrected chi connectivity index (χ0v) is 15.7. The monoisotopic (exact) mass is 336 g/mol. The van der Waals surface area contributed by atoms with Crippen molar-refractivity contribution in [3.8, 4) is 0 Å². The molecule has 3 rings (SSSR count). The lowest BCUT2D eigenvalue weighted by Crippen LogP contribution is -2.54. The van der Waals surface area contributed by atoms with Crippen LogP contribution in [0.5, 0.6) is 0 Å². The predicted octanol–water partition coefficient (Wildman–Crippen LogP) is 2.46. The van der Waals surface area contributed by atoms with E-state index >= 15 is 0 Å². The van der Waals surface area contributed by atoms with Gasteiger partial charge in [-0.2, -0.15) is 0 Å². The summed E-state index contributed by atoms with van der Waals surface area (Å²) in [5.41, 5.74) is 6.61. The molecule has 1 unspecified atom stereocenters. The minimum atomic E-state index is 0.255. The first kappa shape index (κ1) is 18.0. The summed E-state index contributed by atoms with van der Waals surface area (Å²) < 4.78 is 5.54. The highest BCUT2D eigenvalue weighted by Gasteiger charge is 2.41. The molecule has 0 aromatic carbocycles. The van der Waals surface area contributed by atoms with E-state index < -0.39 is 0 Å². The molecular formula is C19H36N4O. The molecule has 0 radical (unpaired) electrons. The summed E-state index contributed by atoms with van der Waals surface area (Å²) in [7, 11) is 1.84. The van der Waals surface area contributed by atoms with Crippen LogP contribution in [-0.4, -0.2) is 67.2 Å².